The zero-order valence-electron chi connectivity index (χ0n) is 14.1. The number of likely N-dealkylation sites (tertiary alicyclic amines) is 1. The van der Waals surface area contributed by atoms with Gasteiger partial charge in [-0.2, -0.15) is 0 Å². The highest BCUT2D eigenvalue weighted by molar-refractivity contribution is 5.82. The molecule has 1 N–H and O–H groups in total. The van der Waals surface area contributed by atoms with Crippen molar-refractivity contribution >= 4 is 11.9 Å². The van der Waals surface area contributed by atoms with Crippen LogP contribution in [0.5, 0.6) is 0 Å². The molecule has 0 aromatic heterocycles. The molecule has 0 spiro atoms. The van der Waals surface area contributed by atoms with E-state index in [2.05, 4.69) is 12.2 Å². The van der Waals surface area contributed by atoms with Gasteiger partial charge in [-0.1, -0.05) is 42.0 Å². The van der Waals surface area contributed by atoms with Gasteiger partial charge < -0.3 is 10.0 Å². The summed E-state index contributed by atoms with van der Waals surface area (Å²) in [4.78, 5) is 26.1. The summed E-state index contributed by atoms with van der Waals surface area (Å²) in [6, 6.07) is 7.86. The molecule has 1 heterocycles. The van der Waals surface area contributed by atoms with Gasteiger partial charge >= 0.3 is 5.97 Å². The summed E-state index contributed by atoms with van der Waals surface area (Å²) < 4.78 is 0. The number of carboxylic acids is 1. The first-order valence-electron chi connectivity index (χ1n) is 8.74. The Morgan fingerprint density at radius 2 is 1.71 bits per heavy atom. The molecule has 1 amide bonds. The van der Waals surface area contributed by atoms with E-state index in [9.17, 15) is 14.7 Å². The smallest absolute Gasteiger partial charge is 0.307 e. The van der Waals surface area contributed by atoms with Gasteiger partial charge in [-0.3, -0.25) is 9.59 Å². The number of carbonyl (C=O) groups excluding carboxylic acids is 1. The summed E-state index contributed by atoms with van der Waals surface area (Å²) in [5.74, 6) is -0.439. The number of benzene rings is 1. The molecular formula is C20H25NO3. The Hall–Kier alpha value is -2.10. The molecule has 0 bridgehead atoms. The van der Waals surface area contributed by atoms with E-state index in [1.165, 1.54) is 0 Å². The quantitative estimate of drug-likeness (QED) is 0.846. The van der Waals surface area contributed by atoms with Gasteiger partial charge in [-0.25, -0.2) is 0 Å². The SMILES string of the molecule is Cc1ccc(CC(CC(=O)N2C[C@H]3CC=CC[C@H]3C2)C(=O)O)cc1. The molecule has 1 fully saturated rings. The first-order valence-corrected chi connectivity index (χ1v) is 8.74. The summed E-state index contributed by atoms with van der Waals surface area (Å²) in [6.45, 7) is 3.57. The average molecular weight is 327 g/mol. The average Bonchev–Trinajstić information content (AvgIpc) is 3.00. The number of amides is 1. The highest BCUT2D eigenvalue weighted by Gasteiger charge is 2.36. The van der Waals surface area contributed by atoms with Crippen molar-refractivity contribution in [1.82, 2.24) is 4.90 Å². The highest BCUT2D eigenvalue weighted by Crippen LogP contribution is 2.33. The second-order valence-electron chi connectivity index (χ2n) is 7.19. The number of aryl methyl sites for hydroxylation is 1. The molecule has 0 saturated carbocycles. The van der Waals surface area contributed by atoms with Crippen LogP contribution in [0.4, 0.5) is 0 Å². The Kier molecular flexibility index (Phi) is 5.03. The fourth-order valence-electron chi connectivity index (χ4n) is 3.81. The minimum Gasteiger partial charge on any atom is -0.481 e. The molecule has 1 aromatic rings. The molecule has 1 saturated heterocycles. The van der Waals surface area contributed by atoms with Crippen molar-refractivity contribution in [3.05, 3.63) is 47.5 Å². The lowest BCUT2D eigenvalue weighted by Crippen LogP contribution is -2.33. The van der Waals surface area contributed by atoms with Gasteiger partial charge in [0.2, 0.25) is 5.91 Å². The summed E-state index contributed by atoms with van der Waals surface area (Å²) in [7, 11) is 0. The van der Waals surface area contributed by atoms with E-state index in [0.717, 1.165) is 37.1 Å². The van der Waals surface area contributed by atoms with Crippen LogP contribution in [-0.2, 0) is 16.0 Å². The monoisotopic (exact) mass is 327 g/mol. The molecule has 0 radical (unpaired) electrons. The number of hydrogen-bond acceptors (Lipinski definition) is 2. The van der Waals surface area contributed by atoms with Crippen molar-refractivity contribution in [3.63, 3.8) is 0 Å². The topological polar surface area (TPSA) is 57.6 Å². The minimum atomic E-state index is -0.887. The molecule has 1 unspecified atom stereocenters. The summed E-state index contributed by atoms with van der Waals surface area (Å²) in [5.41, 5.74) is 2.12. The van der Waals surface area contributed by atoms with Crippen molar-refractivity contribution in [2.24, 2.45) is 17.8 Å². The summed E-state index contributed by atoms with van der Waals surface area (Å²) in [5, 5.41) is 9.51. The minimum absolute atomic E-state index is 0.0103. The molecule has 128 valence electrons. The third-order valence-corrected chi connectivity index (χ3v) is 5.35. The van der Waals surface area contributed by atoms with Crippen LogP contribution in [0.1, 0.15) is 30.4 Å². The number of rotatable bonds is 5. The number of allylic oxidation sites excluding steroid dienone is 2. The van der Waals surface area contributed by atoms with Crippen LogP contribution in [0.15, 0.2) is 36.4 Å². The molecular weight excluding hydrogens is 302 g/mol. The number of hydrogen-bond donors (Lipinski definition) is 1. The number of nitrogens with zero attached hydrogens (tertiary/aromatic N) is 1. The molecule has 24 heavy (non-hydrogen) atoms. The van der Waals surface area contributed by atoms with Crippen molar-refractivity contribution in [2.75, 3.05) is 13.1 Å². The molecule has 4 nitrogen and oxygen atoms in total. The van der Waals surface area contributed by atoms with Crippen molar-refractivity contribution < 1.29 is 14.7 Å². The Morgan fingerprint density at radius 3 is 2.25 bits per heavy atom. The first kappa shape index (κ1) is 16.7. The number of carbonyl (C=O) groups is 2. The second-order valence-corrected chi connectivity index (χ2v) is 7.19. The number of carboxylic acid groups (broad SMARTS) is 1. The Morgan fingerprint density at radius 1 is 1.12 bits per heavy atom. The van der Waals surface area contributed by atoms with E-state index in [-0.39, 0.29) is 12.3 Å². The van der Waals surface area contributed by atoms with E-state index in [1.807, 2.05) is 36.1 Å². The fraction of sp³-hybridized carbons (Fsp3) is 0.500. The normalized spacial score (nSPS) is 23.8. The van der Waals surface area contributed by atoms with Gasteiger partial charge in [-0.05, 0) is 43.6 Å². The lowest BCUT2D eigenvalue weighted by molar-refractivity contribution is -0.145. The van der Waals surface area contributed by atoms with Crippen molar-refractivity contribution in [2.45, 2.75) is 32.6 Å². The van der Waals surface area contributed by atoms with Gasteiger partial charge in [0.1, 0.15) is 0 Å². The molecule has 1 aliphatic heterocycles. The van der Waals surface area contributed by atoms with Crippen LogP contribution in [0.2, 0.25) is 0 Å². The van der Waals surface area contributed by atoms with Crippen LogP contribution in [0.3, 0.4) is 0 Å². The van der Waals surface area contributed by atoms with Gasteiger partial charge in [-0.15, -0.1) is 0 Å². The third kappa shape index (κ3) is 3.86. The van der Waals surface area contributed by atoms with Crippen LogP contribution in [0.25, 0.3) is 0 Å². The maximum atomic E-state index is 12.6. The predicted molar refractivity (Wildman–Crippen MR) is 92.6 cm³/mol. The molecule has 3 atom stereocenters. The molecule has 2 aliphatic rings. The first-order chi connectivity index (χ1) is 11.5. The lowest BCUT2D eigenvalue weighted by atomic mass is 9.86. The molecule has 3 rings (SSSR count). The Balaban J connectivity index is 1.60. The van der Waals surface area contributed by atoms with Crippen LogP contribution < -0.4 is 0 Å². The second kappa shape index (κ2) is 7.20. The summed E-state index contributed by atoms with van der Waals surface area (Å²) in [6.07, 6.45) is 6.99. The van der Waals surface area contributed by atoms with Crippen LogP contribution in [0, 0.1) is 24.7 Å². The zero-order chi connectivity index (χ0) is 17.1. The van der Waals surface area contributed by atoms with Gasteiger partial charge in [0.15, 0.2) is 0 Å². The van der Waals surface area contributed by atoms with E-state index < -0.39 is 11.9 Å². The number of fused-ring (bicyclic) bond motifs is 1. The van der Waals surface area contributed by atoms with E-state index in [0.29, 0.717) is 18.3 Å². The third-order valence-electron chi connectivity index (χ3n) is 5.35. The fourth-order valence-corrected chi connectivity index (χ4v) is 3.81. The van der Waals surface area contributed by atoms with Gasteiger partial charge in [0.25, 0.3) is 0 Å². The van der Waals surface area contributed by atoms with Crippen molar-refractivity contribution in [3.8, 4) is 0 Å². The Labute approximate surface area is 143 Å². The number of aliphatic carboxylic acids is 1. The van der Waals surface area contributed by atoms with E-state index in [4.69, 9.17) is 0 Å². The maximum absolute atomic E-state index is 12.6. The summed E-state index contributed by atoms with van der Waals surface area (Å²) >= 11 is 0. The van der Waals surface area contributed by atoms with Gasteiger partial charge in [0.05, 0.1) is 5.92 Å². The molecule has 1 aliphatic carbocycles. The molecule has 4 heteroatoms. The van der Waals surface area contributed by atoms with E-state index >= 15 is 0 Å². The largest absolute Gasteiger partial charge is 0.481 e. The van der Waals surface area contributed by atoms with Crippen LogP contribution >= 0.6 is 0 Å². The van der Waals surface area contributed by atoms with Crippen molar-refractivity contribution in [1.29, 1.82) is 0 Å². The lowest BCUT2D eigenvalue weighted by Gasteiger charge is -2.19. The zero-order valence-corrected chi connectivity index (χ0v) is 14.1. The predicted octanol–water partition coefficient (Wildman–Crippen LogP) is 3.05. The maximum Gasteiger partial charge on any atom is 0.307 e. The highest BCUT2D eigenvalue weighted by atomic mass is 16.4. The Bertz CT molecular complexity index is 619. The van der Waals surface area contributed by atoms with Crippen LogP contribution in [-0.4, -0.2) is 35.0 Å². The van der Waals surface area contributed by atoms with Gasteiger partial charge in [0, 0.05) is 19.5 Å². The van der Waals surface area contributed by atoms with E-state index in [1.54, 1.807) is 0 Å². The standard InChI is InChI=1S/C20H25NO3/c1-14-6-8-15(9-7-14)10-18(20(23)24)11-19(22)21-12-16-4-2-3-5-17(16)13-21/h2-3,6-9,16-18H,4-5,10-13H2,1H3,(H,23,24)/t16-,17+,18?. The molecule has 1 aromatic carbocycles.